The van der Waals surface area contributed by atoms with Gasteiger partial charge >= 0.3 is 0 Å². The van der Waals surface area contributed by atoms with E-state index in [9.17, 15) is 0 Å². The molecule has 1 aliphatic carbocycles. The fraction of sp³-hybridized carbons (Fsp3) is 0.333. The lowest BCUT2D eigenvalue weighted by Crippen LogP contribution is -2.04. The zero-order chi connectivity index (χ0) is 11.7. The molecule has 2 heteroatoms. The highest BCUT2D eigenvalue weighted by Crippen LogP contribution is 2.50. The summed E-state index contributed by atoms with van der Waals surface area (Å²) in [5.74, 6) is 1.25. The third kappa shape index (κ3) is 2.53. The van der Waals surface area contributed by atoms with Crippen molar-refractivity contribution in [3.63, 3.8) is 0 Å². The number of benzene rings is 2. The first-order chi connectivity index (χ1) is 8.31. The molecule has 1 saturated carbocycles. The summed E-state index contributed by atoms with van der Waals surface area (Å²) in [4.78, 5) is 1.40. The van der Waals surface area contributed by atoms with Crippen molar-refractivity contribution in [2.75, 3.05) is 11.1 Å². The lowest BCUT2D eigenvalue weighted by molar-refractivity contribution is 0.686. The van der Waals surface area contributed by atoms with Gasteiger partial charge in [-0.2, -0.15) is 0 Å². The second-order valence-electron chi connectivity index (χ2n) is 4.93. The summed E-state index contributed by atoms with van der Waals surface area (Å²) in [5.41, 5.74) is 0.594. The van der Waals surface area contributed by atoms with Crippen LogP contribution < -0.4 is 0 Å². The third-order valence-corrected chi connectivity index (χ3v) is 6.04. The van der Waals surface area contributed by atoms with Crippen molar-refractivity contribution >= 4 is 38.5 Å². The molecule has 0 saturated heterocycles. The Bertz CT molecular complexity index is 531. The summed E-state index contributed by atoms with van der Waals surface area (Å²) in [6.45, 7) is 0. The summed E-state index contributed by atoms with van der Waals surface area (Å²) in [6, 6.07) is 15.4. The van der Waals surface area contributed by atoms with E-state index in [-0.39, 0.29) is 0 Å². The Balaban J connectivity index is 1.77. The quantitative estimate of drug-likeness (QED) is 0.559. The van der Waals surface area contributed by atoms with Crippen LogP contribution in [-0.2, 0) is 0 Å². The highest BCUT2D eigenvalue weighted by molar-refractivity contribution is 9.09. The molecule has 0 N–H and O–H groups in total. The maximum absolute atomic E-state index is 3.63. The number of thioether (sulfide) groups is 1. The minimum absolute atomic E-state index is 0.594. The minimum atomic E-state index is 0.594. The van der Waals surface area contributed by atoms with E-state index in [2.05, 4.69) is 58.4 Å². The van der Waals surface area contributed by atoms with Crippen LogP contribution in [0, 0.1) is 5.41 Å². The van der Waals surface area contributed by atoms with Crippen LogP contribution in [0.4, 0.5) is 0 Å². The van der Waals surface area contributed by atoms with Crippen LogP contribution >= 0.6 is 27.7 Å². The van der Waals surface area contributed by atoms with E-state index in [4.69, 9.17) is 0 Å². The average Bonchev–Trinajstić information content (AvgIpc) is 3.17. The number of rotatable bonds is 4. The summed E-state index contributed by atoms with van der Waals surface area (Å²) < 4.78 is 0. The van der Waals surface area contributed by atoms with Crippen LogP contribution in [0.1, 0.15) is 12.8 Å². The molecule has 0 aromatic heterocycles. The van der Waals surface area contributed by atoms with Gasteiger partial charge in [0.1, 0.15) is 0 Å². The van der Waals surface area contributed by atoms with E-state index in [0.717, 1.165) is 5.33 Å². The Kier molecular flexibility index (Phi) is 3.18. The summed E-state index contributed by atoms with van der Waals surface area (Å²) in [5, 5.41) is 3.83. The van der Waals surface area contributed by atoms with Crippen LogP contribution in [0.25, 0.3) is 10.8 Å². The van der Waals surface area contributed by atoms with Crippen molar-refractivity contribution in [2.45, 2.75) is 17.7 Å². The maximum atomic E-state index is 3.63. The Labute approximate surface area is 115 Å². The topological polar surface area (TPSA) is 0 Å². The van der Waals surface area contributed by atoms with Gasteiger partial charge in [0.05, 0.1) is 0 Å². The van der Waals surface area contributed by atoms with Gasteiger partial charge in [-0.15, -0.1) is 11.8 Å². The largest absolute Gasteiger partial charge is 0.126 e. The summed E-state index contributed by atoms with van der Waals surface area (Å²) >= 11 is 5.63. The van der Waals surface area contributed by atoms with Crippen LogP contribution in [0.2, 0.25) is 0 Å². The first kappa shape index (κ1) is 11.6. The third-order valence-electron chi connectivity index (χ3n) is 3.51. The first-order valence-electron chi connectivity index (χ1n) is 5.99. The van der Waals surface area contributed by atoms with E-state index in [1.165, 1.54) is 34.3 Å². The molecule has 3 rings (SSSR count). The lowest BCUT2D eigenvalue weighted by Gasteiger charge is -2.10. The number of hydrogen-bond donors (Lipinski definition) is 0. The molecule has 1 aliphatic rings. The van der Waals surface area contributed by atoms with Crippen LogP contribution in [0.15, 0.2) is 47.4 Å². The second-order valence-corrected chi connectivity index (χ2v) is 6.54. The highest BCUT2D eigenvalue weighted by atomic mass is 79.9. The van der Waals surface area contributed by atoms with E-state index < -0.39 is 0 Å². The van der Waals surface area contributed by atoms with Gasteiger partial charge < -0.3 is 0 Å². The van der Waals surface area contributed by atoms with Gasteiger partial charge in [-0.3, -0.25) is 0 Å². The Morgan fingerprint density at radius 3 is 2.53 bits per heavy atom. The minimum Gasteiger partial charge on any atom is -0.126 e. The smallest absolute Gasteiger partial charge is 0.00959 e. The molecule has 0 unspecified atom stereocenters. The van der Waals surface area contributed by atoms with E-state index in [1.807, 2.05) is 11.8 Å². The number of fused-ring (bicyclic) bond motifs is 1. The van der Waals surface area contributed by atoms with Crippen molar-refractivity contribution in [2.24, 2.45) is 5.41 Å². The van der Waals surface area contributed by atoms with Gasteiger partial charge in [-0.1, -0.05) is 46.3 Å². The van der Waals surface area contributed by atoms with Gasteiger partial charge in [0.2, 0.25) is 0 Å². The molecule has 88 valence electrons. The molecule has 0 spiro atoms. The molecule has 17 heavy (non-hydrogen) atoms. The molecule has 0 heterocycles. The van der Waals surface area contributed by atoms with Gasteiger partial charge in [-0.05, 0) is 41.2 Å². The number of alkyl halides is 1. The van der Waals surface area contributed by atoms with Crippen molar-refractivity contribution < 1.29 is 0 Å². The van der Waals surface area contributed by atoms with Crippen molar-refractivity contribution in [1.82, 2.24) is 0 Å². The van der Waals surface area contributed by atoms with Gasteiger partial charge in [0, 0.05) is 16.0 Å². The summed E-state index contributed by atoms with van der Waals surface area (Å²) in [7, 11) is 0. The van der Waals surface area contributed by atoms with Gasteiger partial charge in [0.15, 0.2) is 0 Å². The highest BCUT2D eigenvalue weighted by Gasteiger charge is 2.41. The van der Waals surface area contributed by atoms with Crippen molar-refractivity contribution in [3.8, 4) is 0 Å². The molecule has 0 aliphatic heterocycles. The van der Waals surface area contributed by atoms with Crippen LogP contribution in [-0.4, -0.2) is 11.1 Å². The standard InChI is InChI=1S/C15H15BrS/c16-10-15(7-8-15)11-17-14-6-5-12-3-1-2-4-13(12)9-14/h1-6,9H,7-8,10-11H2. The normalized spacial score (nSPS) is 17.2. The van der Waals surface area contributed by atoms with E-state index in [0.29, 0.717) is 5.41 Å². The zero-order valence-corrected chi connectivity index (χ0v) is 12.1. The molecule has 2 aromatic carbocycles. The van der Waals surface area contributed by atoms with E-state index in [1.54, 1.807) is 0 Å². The average molecular weight is 307 g/mol. The zero-order valence-electron chi connectivity index (χ0n) is 9.66. The Hall–Kier alpha value is -0.470. The molecule has 2 aromatic rings. The fourth-order valence-electron chi connectivity index (χ4n) is 1.99. The molecule has 0 bridgehead atoms. The molecular weight excluding hydrogens is 292 g/mol. The Morgan fingerprint density at radius 2 is 1.82 bits per heavy atom. The predicted molar refractivity (Wildman–Crippen MR) is 80.1 cm³/mol. The molecule has 1 fully saturated rings. The molecule has 0 atom stereocenters. The first-order valence-corrected chi connectivity index (χ1v) is 8.10. The Morgan fingerprint density at radius 1 is 1.06 bits per heavy atom. The van der Waals surface area contributed by atoms with Crippen LogP contribution in [0.3, 0.4) is 0 Å². The van der Waals surface area contributed by atoms with E-state index >= 15 is 0 Å². The molecule has 0 amide bonds. The fourth-order valence-corrected chi connectivity index (χ4v) is 4.25. The maximum Gasteiger partial charge on any atom is 0.00959 e. The SMILES string of the molecule is BrCC1(CSc2ccc3ccccc3c2)CC1. The number of halogens is 1. The molecular formula is C15H15BrS. The molecule has 0 nitrogen and oxygen atoms in total. The van der Waals surface area contributed by atoms with Crippen LogP contribution in [0.5, 0.6) is 0 Å². The number of hydrogen-bond acceptors (Lipinski definition) is 1. The second kappa shape index (κ2) is 4.66. The van der Waals surface area contributed by atoms with Gasteiger partial charge in [-0.25, -0.2) is 0 Å². The summed E-state index contributed by atoms with van der Waals surface area (Å²) in [6.07, 6.45) is 2.78. The molecule has 0 radical (unpaired) electrons. The van der Waals surface area contributed by atoms with Crippen molar-refractivity contribution in [1.29, 1.82) is 0 Å². The predicted octanol–water partition coefficient (Wildman–Crippen LogP) is 5.11. The van der Waals surface area contributed by atoms with Crippen molar-refractivity contribution in [3.05, 3.63) is 42.5 Å². The monoisotopic (exact) mass is 306 g/mol. The van der Waals surface area contributed by atoms with Gasteiger partial charge in [0.25, 0.3) is 0 Å². The lowest BCUT2D eigenvalue weighted by atomic mass is 10.1.